The Hall–Kier alpha value is -3.01. The fourth-order valence-corrected chi connectivity index (χ4v) is 6.23. The van der Waals surface area contributed by atoms with Crippen molar-refractivity contribution in [3.05, 3.63) is 59.7 Å². The molecule has 2 saturated heterocycles. The van der Waals surface area contributed by atoms with Crippen molar-refractivity contribution >= 4 is 39.7 Å². The molecular weight excluding hydrogens is 498 g/mol. The molecule has 9 heteroatoms. The molecular formula is C29H33N5O3S. The van der Waals surface area contributed by atoms with Crippen molar-refractivity contribution in [3.8, 4) is 0 Å². The predicted octanol–water partition coefficient (Wildman–Crippen LogP) is 4.96. The Morgan fingerprint density at radius 2 is 1.76 bits per heavy atom. The molecule has 38 heavy (non-hydrogen) atoms. The second-order valence-electron chi connectivity index (χ2n) is 10.1. The minimum Gasteiger partial charge on any atom is -0.347 e. The van der Waals surface area contributed by atoms with Crippen molar-refractivity contribution in [2.45, 2.75) is 56.5 Å². The van der Waals surface area contributed by atoms with Crippen molar-refractivity contribution in [2.75, 3.05) is 32.1 Å². The first-order valence-electron chi connectivity index (χ1n) is 13.5. The van der Waals surface area contributed by atoms with E-state index < -0.39 is 5.79 Å². The standard InChI is InChI=1S/C29H33N5O3S/c1-21-8-2-3-9-22(21)20-34-24-11-5-4-10-23(24)26-27(34)30-28(32-31-26)38-19-7-6-12-25(35)33-15-13-29(14-16-33)36-17-18-37-29/h2-5,8-11H,6-7,12-20H2,1H3. The zero-order valence-corrected chi connectivity index (χ0v) is 22.6. The van der Waals surface area contributed by atoms with Gasteiger partial charge in [-0.25, -0.2) is 4.98 Å². The summed E-state index contributed by atoms with van der Waals surface area (Å²) in [6, 6.07) is 16.7. The minimum atomic E-state index is -0.436. The third-order valence-electron chi connectivity index (χ3n) is 7.65. The maximum absolute atomic E-state index is 12.7. The number of piperidine rings is 1. The normalized spacial score (nSPS) is 17.1. The first kappa shape index (κ1) is 25.3. The van der Waals surface area contributed by atoms with Crippen molar-refractivity contribution in [1.82, 2.24) is 24.6 Å². The van der Waals surface area contributed by atoms with Gasteiger partial charge in [0.15, 0.2) is 11.4 Å². The molecule has 4 aromatic rings. The van der Waals surface area contributed by atoms with E-state index in [2.05, 4.69) is 64.2 Å². The number of thioether (sulfide) groups is 1. The van der Waals surface area contributed by atoms with Crippen LogP contribution in [0, 0.1) is 6.92 Å². The van der Waals surface area contributed by atoms with E-state index in [0.29, 0.717) is 37.9 Å². The number of hydrogen-bond donors (Lipinski definition) is 0. The number of aryl methyl sites for hydroxylation is 1. The second kappa shape index (κ2) is 11.0. The number of unbranched alkanes of at least 4 members (excludes halogenated alkanes) is 1. The largest absolute Gasteiger partial charge is 0.347 e. The van der Waals surface area contributed by atoms with Crippen LogP contribution in [0.2, 0.25) is 0 Å². The van der Waals surface area contributed by atoms with E-state index in [4.69, 9.17) is 14.5 Å². The smallest absolute Gasteiger partial charge is 0.222 e. The van der Waals surface area contributed by atoms with Crippen LogP contribution in [0.25, 0.3) is 22.1 Å². The van der Waals surface area contributed by atoms with Gasteiger partial charge in [-0.3, -0.25) is 4.79 Å². The van der Waals surface area contributed by atoms with Crippen molar-refractivity contribution < 1.29 is 14.3 Å². The molecule has 0 aliphatic carbocycles. The van der Waals surface area contributed by atoms with E-state index in [-0.39, 0.29) is 5.91 Å². The minimum absolute atomic E-state index is 0.225. The number of ether oxygens (including phenoxy) is 2. The third kappa shape index (κ3) is 5.15. The van der Waals surface area contributed by atoms with Gasteiger partial charge in [0.05, 0.1) is 18.7 Å². The highest BCUT2D eigenvalue weighted by atomic mass is 32.2. The molecule has 0 bridgehead atoms. The van der Waals surface area contributed by atoms with Crippen LogP contribution in [0.5, 0.6) is 0 Å². The van der Waals surface area contributed by atoms with Crippen LogP contribution in [0.4, 0.5) is 0 Å². The first-order valence-corrected chi connectivity index (χ1v) is 14.5. The Morgan fingerprint density at radius 3 is 2.58 bits per heavy atom. The van der Waals surface area contributed by atoms with Crippen LogP contribution in [-0.2, 0) is 20.8 Å². The molecule has 0 radical (unpaired) electrons. The fourth-order valence-electron chi connectivity index (χ4n) is 5.45. The number of aromatic nitrogens is 4. The average Bonchev–Trinajstić information content (AvgIpc) is 3.52. The molecule has 2 aliphatic heterocycles. The fraction of sp³-hybridized carbons (Fsp3) is 0.448. The number of nitrogens with zero attached hydrogens (tertiary/aromatic N) is 5. The Kier molecular flexibility index (Phi) is 7.32. The zero-order chi connectivity index (χ0) is 26.0. The molecule has 0 atom stereocenters. The van der Waals surface area contributed by atoms with Gasteiger partial charge in [0.25, 0.3) is 0 Å². The number of para-hydroxylation sites is 1. The molecule has 0 saturated carbocycles. The lowest BCUT2D eigenvalue weighted by Crippen LogP contribution is -2.47. The van der Waals surface area contributed by atoms with E-state index in [1.807, 2.05) is 11.0 Å². The van der Waals surface area contributed by atoms with Crippen molar-refractivity contribution in [1.29, 1.82) is 0 Å². The van der Waals surface area contributed by atoms with Gasteiger partial charge < -0.3 is 18.9 Å². The van der Waals surface area contributed by atoms with E-state index in [0.717, 1.165) is 60.0 Å². The molecule has 2 aromatic heterocycles. The summed E-state index contributed by atoms with van der Waals surface area (Å²) in [4.78, 5) is 19.6. The lowest BCUT2D eigenvalue weighted by Gasteiger charge is -2.37. The van der Waals surface area contributed by atoms with Gasteiger partial charge in [-0.2, -0.15) is 0 Å². The number of rotatable bonds is 8. The zero-order valence-electron chi connectivity index (χ0n) is 21.8. The summed E-state index contributed by atoms with van der Waals surface area (Å²) in [6.07, 6.45) is 3.87. The number of hydrogen-bond acceptors (Lipinski definition) is 7. The lowest BCUT2D eigenvalue weighted by atomic mass is 10.0. The van der Waals surface area contributed by atoms with E-state index in [9.17, 15) is 4.79 Å². The van der Waals surface area contributed by atoms with Gasteiger partial charge in [-0.1, -0.05) is 54.2 Å². The summed E-state index contributed by atoms with van der Waals surface area (Å²) in [5.41, 5.74) is 5.33. The molecule has 1 spiro atoms. The summed E-state index contributed by atoms with van der Waals surface area (Å²) in [5, 5.41) is 10.7. The maximum atomic E-state index is 12.7. The van der Waals surface area contributed by atoms with Crippen LogP contribution in [0.15, 0.2) is 53.7 Å². The molecule has 0 N–H and O–H groups in total. The Labute approximate surface area is 226 Å². The summed E-state index contributed by atoms with van der Waals surface area (Å²) >= 11 is 1.61. The average molecular weight is 532 g/mol. The van der Waals surface area contributed by atoms with Gasteiger partial charge in [-0.15, -0.1) is 10.2 Å². The molecule has 198 valence electrons. The molecule has 6 rings (SSSR count). The molecule has 4 heterocycles. The lowest BCUT2D eigenvalue weighted by molar-refractivity contribution is -0.187. The van der Waals surface area contributed by atoms with Crippen molar-refractivity contribution in [2.24, 2.45) is 0 Å². The molecule has 0 unspecified atom stereocenters. The third-order valence-corrected chi connectivity index (χ3v) is 8.58. The summed E-state index contributed by atoms with van der Waals surface area (Å²) < 4.78 is 13.8. The number of fused-ring (bicyclic) bond motifs is 3. The maximum Gasteiger partial charge on any atom is 0.222 e. The monoisotopic (exact) mass is 531 g/mol. The molecule has 1 amide bonds. The molecule has 2 aliphatic rings. The van der Waals surface area contributed by atoms with Crippen LogP contribution in [0.1, 0.15) is 43.2 Å². The van der Waals surface area contributed by atoms with Crippen LogP contribution in [-0.4, -0.2) is 68.4 Å². The summed E-state index contributed by atoms with van der Waals surface area (Å²) in [6.45, 7) is 5.62. The SMILES string of the molecule is Cc1ccccc1Cn1c2ccccc2c2nnc(SCCCCC(=O)N3CCC4(CC3)OCCO4)nc21. The van der Waals surface area contributed by atoms with Gasteiger partial charge >= 0.3 is 0 Å². The number of likely N-dealkylation sites (tertiary alicyclic amines) is 1. The summed E-state index contributed by atoms with van der Waals surface area (Å²) in [5.74, 6) is 0.639. The highest BCUT2D eigenvalue weighted by molar-refractivity contribution is 7.99. The van der Waals surface area contributed by atoms with Crippen LogP contribution >= 0.6 is 11.8 Å². The quantitative estimate of drug-likeness (QED) is 0.235. The van der Waals surface area contributed by atoms with Gasteiger partial charge in [0.2, 0.25) is 11.1 Å². The van der Waals surface area contributed by atoms with Crippen LogP contribution < -0.4 is 0 Å². The number of amides is 1. The highest BCUT2D eigenvalue weighted by Gasteiger charge is 2.40. The summed E-state index contributed by atoms with van der Waals surface area (Å²) in [7, 11) is 0. The molecule has 2 fully saturated rings. The second-order valence-corrected chi connectivity index (χ2v) is 11.2. The topological polar surface area (TPSA) is 82.4 Å². The highest BCUT2D eigenvalue weighted by Crippen LogP contribution is 2.32. The van der Waals surface area contributed by atoms with Crippen molar-refractivity contribution in [3.63, 3.8) is 0 Å². The van der Waals surface area contributed by atoms with Gasteiger partial charge in [-0.05, 0) is 37.0 Å². The van der Waals surface area contributed by atoms with Crippen LogP contribution in [0.3, 0.4) is 0 Å². The van der Waals surface area contributed by atoms with E-state index in [1.54, 1.807) is 11.8 Å². The number of benzene rings is 2. The van der Waals surface area contributed by atoms with E-state index in [1.165, 1.54) is 11.1 Å². The first-order chi connectivity index (χ1) is 18.6. The number of carbonyl (C=O) groups is 1. The van der Waals surface area contributed by atoms with Gasteiger partial charge in [0.1, 0.15) is 5.52 Å². The van der Waals surface area contributed by atoms with E-state index >= 15 is 0 Å². The Balaban J connectivity index is 1.07. The Bertz CT molecular complexity index is 1440. The predicted molar refractivity (Wildman–Crippen MR) is 148 cm³/mol. The number of carbonyl (C=O) groups excluding carboxylic acids is 1. The Morgan fingerprint density at radius 1 is 1.00 bits per heavy atom. The van der Waals surface area contributed by atoms with Gasteiger partial charge in [0, 0.05) is 50.0 Å². The molecule has 2 aromatic carbocycles. The molecule has 8 nitrogen and oxygen atoms in total.